The molecule has 0 aliphatic rings. The number of benzene rings is 1. The summed E-state index contributed by atoms with van der Waals surface area (Å²) in [5, 5.41) is 0.516. The maximum atomic E-state index is 11.9. The molecule has 1 heterocycles. The van der Waals surface area contributed by atoms with Crippen molar-refractivity contribution in [1.82, 2.24) is 0 Å². The highest BCUT2D eigenvalue weighted by molar-refractivity contribution is 7.21. The maximum absolute atomic E-state index is 11.9. The third-order valence-corrected chi connectivity index (χ3v) is 3.72. The van der Waals surface area contributed by atoms with Crippen molar-refractivity contribution in [2.24, 2.45) is 0 Å². The summed E-state index contributed by atoms with van der Waals surface area (Å²) >= 11 is 1.11. The molecule has 6 nitrogen and oxygen atoms in total. The van der Waals surface area contributed by atoms with Crippen LogP contribution in [0.2, 0.25) is 0 Å². The van der Waals surface area contributed by atoms with Crippen molar-refractivity contribution < 1.29 is 28.6 Å². The zero-order valence-corrected chi connectivity index (χ0v) is 13.1. The van der Waals surface area contributed by atoms with Gasteiger partial charge in [0.05, 0.1) is 11.3 Å². The lowest BCUT2D eigenvalue weighted by atomic mass is 10.2. The molecule has 7 heteroatoms. The Labute approximate surface area is 130 Å². The van der Waals surface area contributed by atoms with Crippen molar-refractivity contribution in [2.45, 2.75) is 20.8 Å². The molecule has 0 amide bonds. The number of rotatable bonds is 4. The summed E-state index contributed by atoms with van der Waals surface area (Å²) in [6.07, 6.45) is 0. The quantitative estimate of drug-likeness (QED) is 0.636. The van der Waals surface area contributed by atoms with E-state index < -0.39 is 17.9 Å². The lowest BCUT2D eigenvalue weighted by Crippen LogP contribution is -2.03. The van der Waals surface area contributed by atoms with Gasteiger partial charge in [-0.2, -0.15) is 0 Å². The molecule has 0 fully saturated rings. The molecule has 0 unspecified atom stereocenters. The van der Waals surface area contributed by atoms with Crippen LogP contribution in [0.5, 0.6) is 11.5 Å². The standard InChI is InChI=1S/C15H14O6S/c1-4-19-15(18)13-7-10-11(20-8(2)16)5-6-12(14(10)22-13)21-9(3)17/h5-7H,4H2,1-3H3. The summed E-state index contributed by atoms with van der Waals surface area (Å²) < 4.78 is 15.7. The van der Waals surface area contributed by atoms with Gasteiger partial charge in [0.25, 0.3) is 0 Å². The molecule has 0 N–H and O–H groups in total. The molecule has 116 valence electrons. The zero-order valence-electron chi connectivity index (χ0n) is 12.3. The molecule has 0 aliphatic heterocycles. The fourth-order valence-electron chi connectivity index (χ4n) is 1.86. The Bertz CT molecular complexity index is 693. The van der Waals surface area contributed by atoms with Gasteiger partial charge in [0.1, 0.15) is 16.4 Å². The number of fused-ring (bicyclic) bond motifs is 1. The Balaban J connectivity index is 2.57. The van der Waals surface area contributed by atoms with Gasteiger partial charge in [-0.25, -0.2) is 4.79 Å². The van der Waals surface area contributed by atoms with Crippen LogP contribution in [0.4, 0.5) is 0 Å². The van der Waals surface area contributed by atoms with E-state index in [0.29, 0.717) is 26.5 Å². The van der Waals surface area contributed by atoms with Crippen molar-refractivity contribution in [3.63, 3.8) is 0 Å². The van der Waals surface area contributed by atoms with Crippen LogP contribution in [0.15, 0.2) is 18.2 Å². The van der Waals surface area contributed by atoms with Crippen molar-refractivity contribution in [3.05, 3.63) is 23.1 Å². The summed E-state index contributed by atoms with van der Waals surface area (Å²) in [5.41, 5.74) is 0. The molecule has 0 bridgehead atoms. The normalized spacial score (nSPS) is 10.3. The lowest BCUT2D eigenvalue weighted by Gasteiger charge is -2.06. The highest BCUT2D eigenvalue weighted by Crippen LogP contribution is 2.39. The van der Waals surface area contributed by atoms with Crippen LogP contribution in [0, 0.1) is 0 Å². The summed E-state index contributed by atoms with van der Waals surface area (Å²) in [6.45, 7) is 4.52. The van der Waals surface area contributed by atoms with Crippen LogP contribution in [0.1, 0.15) is 30.4 Å². The van der Waals surface area contributed by atoms with Crippen LogP contribution in [-0.4, -0.2) is 24.5 Å². The van der Waals surface area contributed by atoms with Crippen LogP contribution < -0.4 is 9.47 Å². The topological polar surface area (TPSA) is 78.9 Å². The van der Waals surface area contributed by atoms with Crippen LogP contribution in [-0.2, 0) is 14.3 Å². The van der Waals surface area contributed by atoms with Gasteiger partial charge < -0.3 is 14.2 Å². The third-order valence-electron chi connectivity index (χ3n) is 2.59. The number of thiophene rings is 1. The third kappa shape index (κ3) is 3.43. The van der Waals surface area contributed by atoms with E-state index in [2.05, 4.69) is 0 Å². The Morgan fingerprint density at radius 2 is 1.64 bits per heavy atom. The maximum Gasteiger partial charge on any atom is 0.348 e. The van der Waals surface area contributed by atoms with Gasteiger partial charge in [-0.1, -0.05) is 0 Å². The number of carbonyl (C=O) groups is 3. The molecule has 1 aromatic heterocycles. The molecular formula is C15H14O6S. The number of hydrogen-bond acceptors (Lipinski definition) is 7. The average Bonchev–Trinajstić information content (AvgIpc) is 2.86. The van der Waals surface area contributed by atoms with Crippen molar-refractivity contribution >= 4 is 39.3 Å². The summed E-state index contributed by atoms with van der Waals surface area (Å²) in [5.74, 6) is -0.839. The SMILES string of the molecule is CCOC(=O)c1cc2c(OC(C)=O)ccc(OC(C)=O)c2s1. The molecule has 0 spiro atoms. The second-order valence-corrected chi connectivity index (χ2v) is 5.38. The summed E-state index contributed by atoms with van der Waals surface area (Å²) in [4.78, 5) is 34.5. The van der Waals surface area contributed by atoms with Gasteiger partial charge in [0.15, 0.2) is 0 Å². The average molecular weight is 322 g/mol. The van der Waals surface area contributed by atoms with E-state index in [1.807, 2.05) is 0 Å². The van der Waals surface area contributed by atoms with E-state index in [1.165, 1.54) is 26.0 Å². The highest BCUT2D eigenvalue weighted by atomic mass is 32.1. The summed E-state index contributed by atoms with van der Waals surface area (Å²) in [6, 6.07) is 4.60. The predicted molar refractivity (Wildman–Crippen MR) is 80.4 cm³/mol. The second kappa shape index (κ2) is 6.57. The first kappa shape index (κ1) is 16.0. The van der Waals surface area contributed by atoms with Gasteiger partial charge in [-0.15, -0.1) is 11.3 Å². The van der Waals surface area contributed by atoms with E-state index >= 15 is 0 Å². The number of carbonyl (C=O) groups excluding carboxylic acids is 3. The Morgan fingerprint density at radius 1 is 1.05 bits per heavy atom. The van der Waals surface area contributed by atoms with E-state index in [4.69, 9.17) is 14.2 Å². The first-order valence-corrected chi connectivity index (χ1v) is 7.34. The second-order valence-electron chi connectivity index (χ2n) is 4.32. The molecule has 0 atom stereocenters. The Kier molecular flexibility index (Phi) is 4.77. The first-order chi connectivity index (χ1) is 10.4. The number of hydrogen-bond donors (Lipinski definition) is 0. The van der Waals surface area contributed by atoms with E-state index in [9.17, 15) is 14.4 Å². The highest BCUT2D eigenvalue weighted by Gasteiger charge is 2.18. The van der Waals surface area contributed by atoms with Gasteiger partial charge in [-0.3, -0.25) is 9.59 Å². The van der Waals surface area contributed by atoms with Gasteiger partial charge in [-0.05, 0) is 25.1 Å². The molecule has 0 saturated heterocycles. The molecule has 0 aliphatic carbocycles. The van der Waals surface area contributed by atoms with Crippen molar-refractivity contribution in [3.8, 4) is 11.5 Å². The number of ether oxygens (including phenoxy) is 3. The predicted octanol–water partition coefficient (Wildman–Crippen LogP) is 2.93. The minimum atomic E-state index is -0.481. The number of esters is 3. The molecule has 0 saturated carbocycles. The van der Waals surface area contributed by atoms with E-state index in [-0.39, 0.29) is 6.61 Å². The Morgan fingerprint density at radius 3 is 2.23 bits per heavy atom. The molecule has 0 radical (unpaired) electrons. The molecule has 2 aromatic rings. The zero-order chi connectivity index (χ0) is 16.3. The Hall–Kier alpha value is -2.41. The van der Waals surface area contributed by atoms with Crippen molar-refractivity contribution in [2.75, 3.05) is 6.61 Å². The van der Waals surface area contributed by atoms with Crippen LogP contribution in [0.3, 0.4) is 0 Å². The van der Waals surface area contributed by atoms with Crippen LogP contribution in [0.25, 0.3) is 10.1 Å². The first-order valence-electron chi connectivity index (χ1n) is 6.53. The minimum absolute atomic E-state index is 0.251. The molecule has 1 aromatic carbocycles. The monoisotopic (exact) mass is 322 g/mol. The lowest BCUT2D eigenvalue weighted by molar-refractivity contribution is -0.132. The largest absolute Gasteiger partial charge is 0.462 e. The van der Waals surface area contributed by atoms with E-state index in [0.717, 1.165) is 11.3 Å². The molecular weight excluding hydrogens is 308 g/mol. The van der Waals surface area contributed by atoms with Gasteiger partial charge in [0.2, 0.25) is 0 Å². The molecule has 2 rings (SSSR count). The van der Waals surface area contributed by atoms with Gasteiger partial charge in [0, 0.05) is 19.2 Å². The van der Waals surface area contributed by atoms with Gasteiger partial charge >= 0.3 is 17.9 Å². The van der Waals surface area contributed by atoms with E-state index in [1.54, 1.807) is 13.0 Å². The molecule has 22 heavy (non-hydrogen) atoms. The smallest absolute Gasteiger partial charge is 0.348 e. The summed E-state index contributed by atoms with van der Waals surface area (Å²) in [7, 11) is 0. The fourth-order valence-corrected chi connectivity index (χ4v) is 2.87. The minimum Gasteiger partial charge on any atom is -0.462 e. The van der Waals surface area contributed by atoms with Crippen LogP contribution >= 0.6 is 11.3 Å². The fraction of sp³-hybridized carbons (Fsp3) is 0.267. The van der Waals surface area contributed by atoms with Crippen molar-refractivity contribution in [1.29, 1.82) is 0 Å².